The third-order valence-electron chi connectivity index (χ3n) is 4.50. The minimum absolute atomic E-state index is 0.0862. The molecule has 0 radical (unpaired) electrons. The number of hydrogen-bond acceptors (Lipinski definition) is 3. The number of fused-ring (bicyclic) bond motifs is 1. The Morgan fingerprint density at radius 2 is 1.78 bits per heavy atom. The number of rotatable bonds is 5. The lowest BCUT2D eigenvalue weighted by Crippen LogP contribution is -2.14. The van der Waals surface area contributed by atoms with Gasteiger partial charge in [0, 0.05) is 28.3 Å². The molecule has 3 aromatic carbocycles. The van der Waals surface area contributed by atoms with Crippen molar-refractivity contribution in [3.8, 4) is 16.9 Å². The van der Waals surface area contributed by atoms with E-state index in [9.17, 15) is 4.79 Å². The molecule has 0 bridgehead atoms. The van der Waals surface area contributed by atoms with Gasteiger partial charge in [0.05, 0.1) is 19.8 Å². The lowest BCUT2D eigenvalue weighted by molar-refractivity contribution is -0.115. The summed E-state index contributed by atoms with van der Waals surface area (Å²) in [6, 6.07) is 23.4. The predicted molar refractivity (Wildman–Crippen MR) is 107 cm³/mol. The van der Waals surface area contributed by atoms with Crippen molar-refractivity contribution in [1.29, 1.82) is 0 Å². The summed E-state index contributed by atoms with van der Waals surface area (Å²) in [5, 5.41) is 3.95. The number of carbonyl (C=O) groups is 1. The lowest BCUT2D eigenvalue weighted by atomic mass is 10.0. The number of carbonyl (C=O) groups excluding carboxylic acids is 1. The van der Waals surface area contributed by atoms with Gasteiger partial charge in [0.1, 0.15) is 11.3 Å². The summed E-state index contributed by atoms with van der Waals surface area (Å²) in [7, 11) is 1.61. The molecule has 134 valence electrons. The van der Waals surface area contributed by atoms with Gasteiger partial charge >= 0.3 is 0 Å². The normalized spacial score (nSPS) is 10.7. The van der Waals surface area contributed by atoms with E-state index in [0.717, 1.165) is 33.5 Å². The van der Waals surface area contributed by atoms with Gasteiger partial charge in [0.2, 0.25) is 5.91 Å². The fourth-order valence-corrected chi connectivity index (χ4v) is 3.16. The van der Waals surface area contributed by atoms with E-state index in [-0.39, 0.29) is 12.3 Å². The van der Waals surface area contributed by atoms with Crippen LogP contribution in [0.5, 0.6) is 5.75 Å². The second-order valence-electron chi connectivity index (χ2n) is 6.26. The van der Waals surface area contributed by atoms with Crippen LogP contribution in [0.2, 0.25) is 0 Å². The Bertz CT molecular complexity index is 1080. The minimum Gasteiger partial charge on any atom is -0.497 e. The average molecular weight is 357 g/mol. The Morgan fingerprint density at radius 3 is 2.59 bits per heavy atom. The molecule has 4 heteroatoms. The Morgan fingerprint density at radius 1 is 1.00 bits per heavy atom. The van der Waals surface area contributed by atoms with E-state index in [2.05, 4.69) is 5.32 Å². The summed E-state index contributed by atoms with van der Waals surface area (Å²) in [4.78, 5) is 12.7. The molecule has 0 aliphatic carbocycles. The number of benzene rings is 3. The number of ether oxygens (including phenoxy) is 1. The summed E-state index contributed by atoms with van der Waals surface area (Å²) in [5.74, 6) is 0.640. The Kier molecular flexibility index (Phi) is 4.62. The molecule has 4 nitrogen and oxygen atoms in total. The maximum atomic E-state index is 12.7. The van der Waals surface area contributed by atoms with E-state index < -0.39 is 0 Å². The summed E-state index contributed by atoms with van der Waals surface area (Å²) in [6.45, 7) is 0. The maximum absolute atomic E-state index is 12.7. The van der Waals surface area contributed by atoms with Crippen molar-refractivity contribution in [2.45, 2.75) is 6.42 Å². The molecule has 0 atom stereocenters. The quantitative estimate of drug-likeness (QED) is 0.528. The third-order valence-corrected chi connectivity index (χ3v) is 4.50. The zero-order valence-corrected chi connectivity index (χ0v) is 14.9. The smallest absolute Gasteiger partial charge is 0.228 e. The highest BCUT2D eigenvalue weighted by molar-refractivity contribution is 5.98. The largest absolute Gasteiger partial charge is 0.497 e. The van der Waals surface area contributed by atoms with E-state index in [1.54, 1.807) is 13.4 Å². The van der Waals surface area contributed by atoms with Gasteiger partial charge in [-0.2, -0.15) is 0 Å². The van der Waals surface area contributed by atoms with E-state index in [1.165, 1.54) is 0 Å². The van der Waals surface area contributed by atoms with E-state index >= 15 is 0 Å². The molecule has 0 aliphatic rings. The number of nitrogens with one attached hydrogen (secondary N) is 1. The van der Waals surface area contributed by atoms with Crippen molar-refractivity contribution in [2.75, 3.05) is 12.4 Å². The summed E-state index contributed by atoms with van der Waals surface area (Å²) >= 11 is 0. The molecule has 0 saturated heterocycles. The van der Waals surface area contributed by atoms with Crippen molar-refractivity contribution in [3.63, 3.8) is 0 Å². The second kappa shape index (κ2) is 7.38. The molecule has 1 aromatic heterocycles. The predicted octanol–water partition coefficient (Wildman–Crippen LogP) is 5.29. The molecule has 1 N–H and O–H groups in total. The van der Waals surface area contributed by atoms with Crippen LogP contribution >= 0.6 is 0 Å². The number of furan rings is 1. The third kappa shape index (κ3) is 3.55. The van der Waals surface area contributed by atoms with Crippen molar-refractivity contribution in [1.82, 2.24) is 0 Å². The van der Waals surface area contributed by atoms with Crippen LogP contribution in [-0.2, 0) is 11.2 Å². The van der Waals surface area contributed by atoms with Gasteiger partial charge in [0.25, 0.3) is 0 Å². The van der Waals surface area contributed by atoms with Crippen LogP contribution in [0, 0.1) is 0 Å². The molecule has 4 aromatic rings. The Balaban J connectivity index is 1.56. The summed E-state index contributed by atoms with van der Waals surface area (Å²) in [5.41, 5.74) is 4.41. The summed E-state index contributed by atoms with van der Waals surface area (Å²) < 4.78 is 10.8. The van der Waals surface area contributed by atoms with Crippen molar-refractivity contribution in [2.24, 2.45) is 0 Å². The highest BCUT2D eigenvalue weighted by Gasteiger charge is 2.13. The molecule has 1 heterocycles. The van der Waals surface area contributed by atoms with Crippen molar-refractivity contribution >= 4 is 22.6 Å². The first-order valence-corrected chi connectivity index (χ1v) is 8.73. The molecule has 27 heavy (non-hydrogen) atoms. The Hall–Kier alpha value is -3.53. The van der Waals surface area contributed by atoms with Gasteiger partial charge in [-0.1, -0.05) is 48.5 Å². The number of hydrogen-bond donors (Lipinski definition) is 1. The number of amides is 1. The SMILES string of the molecule is COc1ccc2c(CC(=O)Nc3ccccc3-c3ccccc3)coc2c1. The zero-order valence-electron chi connectivity index (χ0n) is 14.9. The molecule has 0 aliphatic heterocycles. The van der Waals surface area contributed by atoms with Crippen LogP contribution in [0.1, 0.15) is 5.56 Å². The molecule has 0 fully saturated rings. The van der Waals surface area contributed by atoms with Crippen LogP contribution in [0.15, 0.2) is 83.5 Å². The van der Waals surface area contributed by atoms with Crippen LogP contribution in [0.4, 0.5) is 5.69 Å². The van der Waals surface area contributed by atoms with E-state index in [4.69, 9.17) is 9.15 Å². The van der Waals surface area contributed by atoms with Gasteiger partial charge in [0.15, 0.2) is 0 Å². The highest BCUT2D eigenvalue weighted by Crippen LogP contribution is 2.29. The van der Waals surface area contributed by atoms with Gasteiger partial charge in [-0.25, -0.2) is 0 Å². The number of anilines is 1. The maximum Gasteiger partial charge on any atom is 0.228 e. The van der Waals surface area contributed by atoms with Crippen molar-refractivity contribution < 1.29 is 13.9 Å². The van der Waals surface area contributed by atoms with Crippen LogP contribution < -0.4 is 10.1 Å². The van der Waals surface area contributed by atoms with Gasteiger partial charge in [-0.15, -0.1) is 0 Å². The molecule has 0 unspecified atom stereocenters. The number of para-hydroxylation sites is 1. The van der Waals surface area contributed by atoms with Gasteiger partial charge in [-0.3, -0.25) is 4.79 Å². The van der Waals surface area contributed by atoms with E-state index in [0.29, 0.717) is 5.58 Å². The first kappa shape index (κ1) is 16.9. The van der Waals surface area contributed by atoms with E-state index in [1.807, 2.05) is 72.8 Å². The fourth-order valence-electron chi connectivity index (χ4n) is 3.16. The van der Waals surface area contributed by atoms with Crippen LogP contribution in [0.25, 0.3) is 22.1 Å². The molecule has 1 amide bonds. The molecule has 0 saturated carbocycles. The average Bonchev–Trinajstić information content (AvgIpc) is 3.11. The first-order valence-electron chi connectivity index (χ1n) is 8.73. The number of methoxy groups -OCH3 is 1. The van der Waals surface area contributed by atoms with Crippen molar-refractivity contribution in [3.05, 3.63) is 84.6 Å². The molecule has 4 rings (SSSR count). The minimum atomic E-state index is -0.0862. The topological polar surface area (TPSA) is 51.5 Å². The Labute approximate surface area is 157 Å². The highest BCUT2D eigenvalue weighted by atomic mass is 16.5. The zero-order chi connectivity index (χ0) is 18.6. The molecular weight excluding hydrogens is 338 g/mol. The van der Waals surface area contributed by atoms with Gasteiger partial charge < -0.3 is 14.5 Å². The monoisotopic (exact) mass is 357 g/mol. The standard InChI is InChI=1S/C23H19NO3/c1-26-18-11-12-20-17(15-27-22(20)14-18)13-23(25)24-21-10-6-5-9-19(21)16-7-3-2-4-8-16/h2-12,14-15H,13H2,1H3,(H,24,25). The first-order chi connectivity index (χ1) is 13.2. The van der Waals surface area contributed by atoms with Crippen LogP contribution in [-0.4, -0.2) is 13.0 Å². The molecule has 0 spiro atoms. The second-order valence-corrected chi connectivity index (χ2v) is 6.26. The van der Waals surface area contributed by atoms with Crippen LogP contribution in [0.3, 0.4) is 0 Å². The lowest BCUT2D eigenvalue weighted by Gasteiger charge is -2.11. The summed E-state index contributed by atoms with van der Waals surface area (Å²) in [6.07, 6.45) is 1.87. The van der Waals surface area contributed by atoms with Gasteiger partial charge in [-0.05, 0) is 23.8 Å². The fraction of sp³-hybridized carbons (Fsp3) is 0.0870. The molecular formula is C23H19NO3.